The number of fused-ring (bicyclic) bond motifs is 5. The highest BCUT2D eigenvalue weighted by Gasteiger charge is 2.58. The molecule has 0 aromatic carbocycles. The van der Waals surface area contributed by atoms with Gasteiger partial charge < -0.3 is 10.4 Å². The van der Waals surface area contributed by atoms with Crippen LogP contribution in [0, 0.1) is 58.7 Å². The van der Waals surface area contributed by atoms with Gasteiger partial charge in [-0.25, -0.2) is 0 Å². The Bertz CT molecular complexity index is 1190. The highest BCUT2D eigenvalue weighted by Crippen LogP contribution is 2.64. The molecule has 39 heavy (non-hydrogen) atoms. The molecule has 3 unspecified atom stereocenters. The molecule has 6 rings (SSSR count). The number of carbonyl (C=O) groups is 1. The van der Waals surface area contributed by atoms with Crippen LogP contribution < -0.4 is 5.32 Å². The number of hydrogen-bond acceptors (Lipinski definition) is 4. The number of aliphatic hydroxyl groups is 1. The molecule has 208 valence electrons. The van der Waals surface area contributed by atoms with Gasteiger partial charge in [-0.2, -0.15) is 0 Å². The number of nitrogens with one attached hydrogen (secondary N) is 1. The predicted octanol–water partition coefficient (Wildman–Crippen LogP) is 6.54. The third-order valence-corrected chi connectivity index (χ3v) is 11.5. The second-order valence-electron chi connectivity index (χ2n) is 13.6. The molecular weight excluding hydrogens is 480 g/mol. The summed E-state index contributed by atoms with van der Waals surface area (Å²) in [4.78, 5) is 18.0. The topological polar surface area (TPSA) is 61.7 Å². The fourth-order valence-corrected chi connectivity index (χ4v) is 9.41. The molecule has 0 aromatic rings. The largest absolute Gasteiger partial charge is 0.378 e. The van der Waals surface area contributed by atoms with Gasteiger partial charge in [-0.1, -0.05) is 31.4 Å². The molecule has 0 aromatic heterocycles. The number of hydrogen-bond donors (Lipinski definition) is 2. The van der Waals surface area contributed by atoms with Crippen molar-refractivity contribution < 1.29 is 9.90 Å². The SMILES string of the molecule is C=C/N=C1/C=CC(NCC(=O)[C@H]2CCC3C4CC[C@@H]5C[C@@](O)(C#CC6CC6)CC[C@@H]5C4CC[C@@]32C)=C/C1=C/C. The van der Waals surface area contributed by atoms with Gasteiger partial charge in [-0.3, -0.25) is 9.79 Å². The van der Waals surface area contributed by atoms with Gasteiger partial charge in [0.25, 0.3) is 0 Å². The van der Waals surface area contributed by atoms with Crippen molar-refractivity contribution in [1.82, 2.24) is 5.32 Å². The molecular formula is C35H46N2O2. The van der Waals surface area contributed by atoms with Gasteiger partial charge in [0.2, 0.25) is 0 Å². The van der Waals surface area contributed by atoms with Gasteiger partial charge >= 0.3 is 0 Å². The van der Waals surface area contributed by atoms with E-state index in [-0.39, 0.29) is 11.3 Å². The minimum absolute atomic E-state index is 0.132. The maximum absolute atomic E-state index is 13.6. The molecule has 8 atom stereocenters. The van der Waals surface area contributed by atoms with Crippen LogP contribution in [0.2, 0.25) is 0 Å². The lowest BCUT2D eigenvalue weighted by Crippen LogP contribution is -2.51. The first-order valence-corrected chi connectivity index (χ1v) is 15.6. The van der Waals surface area contributed by atoms with Crippen LogP contribution in [0.5, 0.6) is 0 Å². The Kier molecular flexibility index (Phi) is 7.25. The van der Waals surface area contributed by atoms with Gasteiger partial charge in [0.1, 0.15) is 5.60 Å². The normalized spacial score (nSPS) is 43.0. The summed E-state index contributed by atoms with van der Waals surface area (Å²) in [5, 5.41) is 14.7. The Hall–Kier alpha value is -2.38. The number of nitrogens with zero attached hydrogens (tertiary/aromatic N) is 1. The van der Waals surface area contributed by atoms with Crippen molar-refractivity contribution in [2.75, 3.05) is 6.54 Å². The molecule has 0 bridgehead atoms. The van der Waals surface area contributed by atoms with Gasteiger partial charge in [-0.05, 0) is 136 Å². The molecule has 5 fully saturated rings. The molecule has 0 radical (unpaired) electrons. The van der Waals surface area contributed by atoms with Crippen LogP contribution in [0.25, 0.3) is 0 Å². The monoisotopic (exact) mass is 526 g/mol. The molecule has 5 saturated carbocycles. The van der Waals surface area contributed by atoms with E-state index in [0.29, 0.717) is 30.1 Å². The van der Waals surface area contributed by atoms with E-state index < -0.39 is 5.60 Å². The van der Waals surface area contributed by atoms with E-state index in [4.69, 9.17) is 0 Å². The van der Waals surface area contributed by atoms with E-state index in [1.54, 1.807) is 6.20 Å². The number of Topliss-reactive ketones (excluding diaryl/α,β-unsaturated/α-hetero) is 1. The predicted molar refractivity (Wildman–Crippen MR) is 158 cm³/mol. The molecule has 4 nitrogen and oxygen atoms in total. The second kappa shape index (κ2) is 10.5. The second-order valence-corrected chi connectivity index (χ2v) is 13.6. The summed E-state index contributed by atoms with van der Waals surface area (Å²) in [5.74, 6) is 11.3. The third kappa shape index (κ3) is 5.13. The highest BCUT2D eigenvalue weighted by molar-refractivity contribution is 6.12. The smallest absolute Gasteiger partial charge is 0.155 e. The van der Waals surface area contributed by atoms with Gasteiger partial charge in [0.05, 0.1) is 12.3 Å². The van der Waals surface area contributed by atoms with Crippen LogP contribution in [-0.2, 0) is 4.79 Å². The summed E-state index contributed by atoms with van der Waals surface area (Å²) in [5.41, 5.74) is 2.31. The highest BCUT2D eigenvalue weighted by atomic mass is 16.3. The van der Waals surface area contributed by atoms with Crippen molar-refractivity contribution >= 4 is 11.5 Å². The van der Waals surface area contributed by atoms with Crippen molar-refractivity contribution in [2.45, 2.75) is 90.1 Å². The minimum Gasteiger partial charge on any atom is -0.378 e. The average Bonchev–Trinajstić information content (AvgIpc) is 3.70. The van der Waals surface area contributed by atoms with Crippen LogP contribution in [0.4, 0.5) is 0 Å². The Balaban J connectivity index is 1.08. The zero-order valence-corrected chi connectivity index (χ0v) is 23.9. The lowest BCUT2D eigenvalue weighted by atomic mass is 9.49. The number of allylic oxidation sites excluding steroid dienone is 5. The summed E-state index contributed by atoms with van der Waals surface area (Å²) >= 11 is 0. The van der Waals surface area contributed by atoms with Crippen molar-refractivity contribution in [3.05, 3.63) is 48.4 Å². The van der Waals surface area contributed by atoms with E-state index in [1.807, 2.05) is 25.2 Å². The molecule has 0 aliphatic heterocycles. The van der Waals surface area contributed by atoms with Crippen LogP contribution in [0.3, 0.4) is 0 Å². The van der Waals surface area contributed by atoms with Crippen molar-refractivity contribution in [2.24, 2.45) is 51.8 Å². The number of carbonyl (C=O) groups excluding carboxylic acids is 1. The number of ketones is 1. The Morgan fingerprint density at radius 1 is 1.10 bits per heavy atom. The fourth-order valence-electron chi connectivity index (χ4n) is 9.41. The van der Waals surface area contributed by atoms with E-state index >= 15 is 0 Å². The van der Waals surface area contributed by atoms with E-state index in [0.717, 1.165) is 60.4 Å². The molecule has 0 amide bonds. The standard InChI is InChI=1S/C35H46N2O2/c1-4-24-20-26(9-13-32(24)36-5-2)37-22-33(38)31-12-11-30-29-10-8-25-21-35(39,18-14-23-6-7-23)19-16-27(25)28(29)15-17-34(30,31)3/h4-5,9,13,20,23,25,27-31,37,39H,2,6-8,10-12,15-17,19,21-22H2,1,3H3/b24-4-,36-32-/t25-,27+,28?,29?,30?,31-,34+,35-/m1/s1. The molecule has 0 heterocycles. The van der Waals surface area contributed by atoms with Crippen LogP contribution in [0.1, 0.15) is 84.5 Å². The summed E-state index contributed by atoms with van der Waals surface area (Å²) in [7, 11) is 0. The first kappa shape index (κ1) is 26.8. The first-order valence-electron chi connectivity index (χ1n) is 15.6. The zero-order chi connectivity index (χ0) is 27.2. The molecule has 0 spiro atoms. The van der Waals surface area contributed by atoms with Crippen molar-refractivity contribution in [1.29, 1.82) is 0 Å². The Morgan fingerprint density at radius 3 is 2.69 bits per heavy atom. The number of aliphatic imine (C=N–C) groups is 1. The average molecular weight is 527 g/mol. The summed E-state index contributed by atoms with van der Waals surface area (Å²) in [6, 6.07) is 0. The van der Waals surface area contributed by atoms with Crippen LogP contribution in [-0.4, -0.2) is 28.7 Å². The van der Waals surface area contributed by atoms with E-state index in [9.17, 15) is 9.90 Å². The van der Waals surface area contributed by atoms with Crippen LogP contribution >= 0.6 is 0 Å². The van der Waals surface area contributed by atoms with Crippen LogP contribution in [0.15, 0.2) is 53.3 Å². The lowest BCUT2D eigenvalue weighted by Gasteiger charge is -2.56. The maximum Gasteiger partial charge on any atom is 0.155 e. The molecule has 2 N–H and O–H groups in total. The van der Waals surface area contributed by atoms with Gasteiger partial charge in [0, 0.05) is 23.7 Å². The third-order valence-electron chi connectivity index (χ3n) is 11.5. The van der Waals surface area contributed by atoms with Gasteiger partial charge in [-0.15, -0.1) is 0 Å². The first-order chi connectivity index (χ1) is 18.8. The Morgan fingerprint density at radius 2 is 1.92 bits per heavy atom. The molecule has 4 heteroatoms. The molecule has 0 saturated heterocycles. The van der Waals surface area contributed by atoms with Crippen molar-refractivity contribution in [3.63, 3.8) is 0 Å². The van der Waals surface area contributed by atoms with Gasteiger partial charge in [0.15, 0.2) is 5.78 Å². The minimum atomic E-state index is -0.742. The van der Waals surface area contributed by atoms with Crippen molar-refractivity contribution in [3.8, 4) is 11.8 Å². The Labute approximate surface area is 235 Å². The lowest BCUT2D eigenvalue weighted by molar-refractivity contribution is -0.130. The summed E-state index contributed by atoms with van der Waals surface area (Å²) in [6.45, 7) is 8.55. The quantitative estimate of drug-likeness (QED) is 0.400. The fraction of sp³-hybridized carbons (Fsp3) is 0.657. The summed E-state index contributed by atoms with van der Waals surface area (Å²) < 4.78 is 0. The van der Waals surface area contributed by atoms with E-state index in [2.05, 4.69) is 41.7 Å². The number of rotatable bonds is 5. The summed E-state index contributed by atoms with van der Waals surface area (Å²) in [6.07, 6.45) is 22.2. The maximum atomic E-state index is 13.6. The molecule has 6 aliphatic carbocycles. The van der Waals surface area contributed by atoms with E-state index in [1.165, 1.54) is 44.9 Å². The molecule has 6 aliphatic rings. The zero-order valence-electron chi connectivity index (χ0n) is 23.9.